The molecule has 0 aliphatic carbocycles. The van der Waals surface area contributed by atoms with Crippen LogP contribution in [0.5, 0.6) is 23.0 Å². The van der Waals surface area contributed by atoms with Crippen molar-refractivity contribution in [2.75, 3.05) is 19.8 Å². The highest BCUT2D eigenvalue weighted by Gasteiger charge is 2.21. The molecule has 1 heterocycles. The SMILES string of the molecule is CCOc1ccc(CC2=NCCc3cc(OC(C)C)c(OC(C)C)cc32)cc1OCC. The fraction of sp³-hybridized carbons (Fsp3) is 0.500. The minimum atomic E-state index is 0.0661. The van der Waals surface area contributed by atoms with Crippen LogP contribution in [0.2, 0.25) is 0 Å². The Morgan fingerprint density at radius 1 is 0.806 bits per heavy atom. The third-order valence-electron chi connectivity index (χ3n) is 4.87. The van der Waals surface area contributed by atoms with Gasteiger partial charge in [0.25, 0.3) is 0 Å². The Morgan fingerprint density at radius 3 is 2.10 bits per heavy atom. The van der Waals surface area contributed by atoms with Crippen LogP contribution in [0.4, 0.5) is 0 Å². The van der Waals surface area contributed by atoms with Gasteiger partial charge in [0, 0.05) is 24.2 Å². The van der Waals surface area contributed by atoms with Crippen molar-refractivity contribution in [1.82, 2.24) is 0 Å². The largest absolute Gasteiger partial charge is 0.490 e. The van der Waals surface area contributed by atoms with Crippen LogP contribution in [0.1, 0.15) is 58.2 Å². The smallest absolute Gasteiger partial charge is 0.162 e. The summed E-state index contributed by atoms with van der Waals surface area (Å²) in [4.78, 5) is 4.86. The van der Waals surface area contributed by atoms with E-state index in [1.165, 1.54) is 5.56 Å². The average molecular weight is 426 g/mol. The summed E-state index contributed by atoms with van der Waals surface area (Å²) < 4.78 is 23.6. The molecule has 0 atom stereocenters. The molecule has 0 saturated carbocycles. The number of nitrogens with zero attached hydrogens (tertiary/aromatic N) is 1. The molecule has 0 unspecified atom stereocenters. The summed E-state index contributed by atoms with van der Waals surface area (Å²) in [5.74, 6) is 3.15. The monoisotopic (exact) mass is 425 g/mol. The van der Waals surface area contributed by atoms with E-state index in [-0.39, 0.29) is 12.2 Å². The first-order valence-corrected chi connectivity index (χ1v) is 11.3. The Bertz CT molecular complexity index is 918. The molecule has 31 heavy (non-hydrogen) atoms. The fourth-order valence-electron chi connectivity index (χ4n) is 3.72. The van der Waals surface area contributed by atoms with Crippen LogP contribution < -0.4 is 18.9 Å². The molecule has 0 amide bonds. The number of ether oxygens (including phenoxy) is 4. The van der Waals surface area contributed by atoms with Gasteiger partial charge in [-0.3, -0.25) is 4.99 Å². The number of hydrogen-bond donors (Lipinski definition) is 0. The second-order valence-corrected chi connectivity index (χ2v) is 8.19. The summed E-state index contributed by atoms with van der Waals surface area (Å²) >= 11 is 0. The molecule has 1 aliphatic heterocycles. The molecule has 5 nitrogen and oxygen atoms in total. The molecule has 168 valence electrons. The lowest BCUT2D eigenvalue weighted by Crippen LogP contribution is -2.18. The van der Waals surface area contributed by atoms with Gasteiger partial charge in [0.15, 0.2) is 23.0 Å². The second-order valence-electron chi connectivity index (χ2n) is 8.19. The van der Waals surface area contributed by atoms with Gasteiger partial charge in [-0.1, -0.05) is 6.07 Å². The molecular formula is C26H35NO4. The quantitative estimate of drug-likeness (QED) is 0.494. The Balaban J connectivity index is 1.93. The van der Waals surface area contributed by atoms with Gasteiger partial charge in [-0.15, -0.1) is 0 Å². The van der Waals surface area contributed by atoms with Crippen molar-refractivity contribution < 1.29 is 18.9 Å². The maximum atomic E-state index is 6.09. The number of hydrogen-bond acceptors (Lipinski definition) is 5. The van der Waals surface area contributed by atoms with E-state index in [2.05, 4.69) is 24.3 Å². The van der Waals surface area contributed by atoms with E-state index in [0.717, 1.165) is 59.2 Å². The van der Waals surface area contributed by atoms with E-state index in [4.69, 9.17) is 23.9 Å². The van der Waals surface area contributed by atoms with Crippen molar-refractivity contribution in [2.24, 2.45) is 4.99 Å². The molecular weight excluding hydrogens is 390 g/mol. The molecule has 0 fully saturated rings. The van der Waals surface area contributed by atoms with Crippen LogP contribution in [-0.2, 0) is 12.8 Å². The van der Waals surface area contributed by atoms with Crippen LogP contribution in [0, 0.1) is 0 Å². The lowest BCUT2D eigenvalue weighted by molar-refractivity contribution is 0.198. The van der Waals surface area contributed by atoms with Gasteiger partial charge in [-0.05, 0) is 83.4 Å². The molecule has 5 heteroatoms. The van der Waals surface area contributed by atoms with E-state index in [0.29, 0.717) is 13.2 Å². The van der Waals surface area contributed by atoms with E-state index < -0.39 is 0 Å². The zero-order valence-electron chi connectivity index (χ0n) is 19.7. The zero-order chi connectivity index (χ0) is 22.4. The van der Waals surface area contributed by atoms with Crippen molar-refractivity contribution in [2.45, 2.75) is 66.6 Å². The molecule has 2 aromatic carbocycles. The molecule has 0 bridgehead atoms. The third-order valence-corrected chi connectivity index (χ3v) is 4.87. The lowest BCUT2D eigenvalue weighted by Gasteiger charge is -2.23. The number of rotatable bonds is 10. The molecule has 0 spiro atoms. The Kier molecular flexibility index (Phi) is 7.83. The predicted octanol–water partition coefficient (Wildman–Crippen LogP) is 5.65. The summed E-state index contributed by atoms with van der Waals surface area (Å²) in [6, 6.07) is 10.4. The standard InChI is InChI=1S/C26H35NO4/c1-7-28-23-10-9-19(14-24(23)29-8-2)13-22-21-16-26(31-18(5)6)25(30-17(3)4)15-20(21)11-12-27-22/h9-10,14-18H,7-8,11-13H2,1-6H3. The van der Waals surface area contributed by atoms with Crippen LogP contribution in [0.15, 0.2) is 35.3 Å². The summed E-state index contributed by atoms with van der Waals surface area (Å²) in [5, 5.41) is 0. The van der Waals surface area contributed by atoms with Crippen molar-refractivity contribution in [1.29, 1.82) is 0 Å². The number of aliphatic imine (C=N–C) groups is 1. The van der Waals surface area contributed by atoms with Gasteiger partial charge < -0.3 is 18.9 Å². The minimum absolute atomic E-state index is 0.0661. The fourth-order valence-corrected chi connectivity index (χ4v) is 3.72. The first-order chi connectivity index (χ1) is 14.9. The van der Waals surface area contributed by atoms with E-state index in [9.17, 15) is 0 Å². The topological polar surface area (TPSA) is 49.3 Å². The van der Waals surface area contributed by atoms with Crippen LogP contribution in [-0.4, -0.2) is 37.7 Å². The van der Waals surface area contributed by atoms with Gasteiger partial charge in [-0.25, -0.2) is 0 Å². The maximum Gasteiger partial charge on any atom is 0.162 e. The van der Waals surface area contributed by atoms with Crippen LogP contribution in [0.25, 0.3) is 0 Å². The van der Waals surface area contributed by atoms with E-state index in [1.54, 1.807) is 0 Å². The third kappa shape index (κ3) is 5.93. The van der Waals surface area contributed by atoms with Crippen molar-refractivity contribution in [3.8, 4) is 23.0 Å². The van der Waals surface area contributed by atoms with Gasteiger partial charge in [-0.2, -0.15) is 0 Å². The van der Waals surface area contributed by atoms with Gasteiger partial charge in [0.05, 0.1) is 25.4 Å². The Morgan fingerprint density at radius 2 is 1.45 bits per heavy atom. The van der Waals surface area contributed by atoms with Crippen molar-refractivity contribution in [3.63, 3.8) is 0 Å². The Labute approximate surface area is 186 Å². The molecule has 0 saturated heterocycles. The normalized spacial score (nSPS) is 13.1. The number of fused-ring (bicyclic) bond motifs is 1. The van der Waals surface area contributed by atoms with Gasteiger partial charge in [0.1, 0.15) is 0 Å². The first-order valence-electron chi connectivity index (χ1n) is 11.3. The first kappa shape index (κ1) is 23.0. The molecule has 2 aromatic rings. The minimum Gasteiger partial charge on any atom is -0.490 e. The summed E-state index contributed by atoms with van der Waals surface area (Å²) in [7, 11) is 0. The molecule has 0 N–H and O–H groups in total. The van der Waals surface area contributed by atoms with Gasteiger partial charge >= 0.3 is 0 Å². The number of benzene rings is 2. The van der Waals surface area contributed by atoms with E-state index in [1.807, 2.05) is 47.6 Å². The highest BCUT2D eigenvalue weighted by Crippen LogP contribution is 2.35. The summed E-state index contributed by atoms with van der Waals surface area (Å²) in [6.45, 7) is 14.1. The molecule has 3 rings (SSSR count). The molecule has 0 radical (unpaired) electrons. The lowest BCUT2D eigenvalue weighted by atomic mass is 9.93. The summed E-state index contributed by atoms with van der Waals surface area (Å²) in [6.07, 6.45) is 1.79. The van der Waals surface area contributed by atoms with E-state index >= 15 is 0 Å². The van der Waals surface area contributed by atoms with Crippen molar-refractivity contribution >= 4 is 5.71 Å². The maximum absolute atomic E-state index is 6.09. The zero-order valence-corrected chi connectivity index (χ0v) is 19.7. The highest BCUT2D eigenvalue weighted by atomic mass is 16.5. The van der Waals surface area contributed by atoms with Crippen LogP contribution in [0.3, 0.4) is 0 Å². The van der Waals surface area contributed by atoms with Crippen molar-refractivity contribution in [3.05, 3.63) is 47.0 Å². The molecule has 0 aromatic heterocycles. The van der Waals surface area contributed by atoms with Gasteiger partial charge in [0.2, 0.25) is 0 Å². The average Bonchev–Trinajstić information content (AvgIpc) is 2.70. The second kappa shape index (κ2) is 10.6. The Hall–Kier alpha value is -2.69. The highest BCUT2D eigenvalue weighted by molar-refractivity contribution is 6.04. The predicted molar refractivity (Wildman–Crippen MR) is 126 cm³/mol. The van der Waals surface area contributed by atoms with Crippen LogP contribution >= 0.6 is 0 Å². The molecule has 1 aliphatic rings. The summed E-state index contributed by atoms with van der Waals surface area (Å²) in [5.41, 5.74) is 4.61.